The molecular formula is C16H22N4O7. The summed E-state index contributed by atoms with van der Waals surface area (Å²) in [5.74, 6) is -1.09. The van der Waals surface area contributed by atoms with Crippen molar-refractivity contribution in [3.63, 3.8) is 0 Å². The highest BCUT2D eigenvalue weighted by Gasteiger charge is 2.26. The van der Waals surface area contributed by atoms with Crippen molar-refractivity contribution in [1.29, 1.82) is 0 Å². The summed E-state index contributed by atoms with van der Waals surface area (Å²) in [5, 5.41) is 27.1. The average molecular weight is 382 g/mol. The SMILES string of the molecule is CC[C@H](C)[C@H](NC(=O)CCNc1ccc([N+](=O)[O-])cc1[N+](=O)[O-])C(=O)OC. The number of amides is 1. The van der Waals surface area contributed by atoms with Crippen molar-refractivity contribution >= 4 is 28.9 Å². The Morgan fingerprint density at radius 1 is 1.22 bits per heavy atom. The van der Waals surface area contributed by atoms with Crippen LogP contribution in [0.3, 0.4) is 0 Å². The number of ether oxygens (including phenoxy) is 1. The summed E-state index contributed by atoms with van der Waals surface area (Å²) in [6.45, 7) is 3.72. The third-order valence-electron chi connectivity index (χ3n) is 4.04. The van der Waals surface area contributed by atoms with Gasteiger partial charge in [-0.2, -0.15) is 0 Å². The molecule has 0 aliphatic heterocycles. The quantitative estimate of drug-likeness (QED) is 0.354. The first-order valence-electron chi connectivity index (χ1n) is 8.25. The highest BCUT2D eigenvalue weighted by atomic mass is 16.6. The van der Waals surface area contributed by atoms with Gasteiger partial charge in [-0.1, -0.05) is 20.3 Å². The molecule has 27 heavy (non-hydrogen) atoms. The maximum absolute atomic E-state index is 12.1. The van der Waals surface area contributed by atoms with Crippen LogP contribution in [0.5, 0.6) is 0 Å². The van der Waals surface area contributed by atoms with E-state index in [1.807, 2.05) is 6.92 Å². The van der Waals surface area contributed by atoms with Gasteiger partial charge in [0, 0.05) is 19.0 Å². The van der Waals surface area contributed by atoms with E-state index in [0.29, 0.717) is 6.42 Å². The molecule has 2 atom stereocenters. The minimum absolute atomic E-state index is 0.0406. The van der Waals surface area contributed by atoms with Gasteiger partial charge in [-0.15, -0.1) is 0 Å². The zero-order chi connectivity index (χ0) is 20.6. The number of nitrogens with zero attached hydrogens (tertiary/aromatic N) is 2. The number of nitro benzene ring substituents is 2. The molecule has 1 amide bonds. The second-order valence-corrected chi connectivity index (χ2v) is 5.85. The summed E-state index contributed by atoms with van der Waals surface area (Å²) in [4.78, 5) is 44.1. The van der Waals surface area contributed by atoms with Crippen molar-refractivity contribution in [2.24, 2.45) is 5.92 Å². The molecule has 2 N–H and O–H groups in total. The number of carbonyl (C=O) groups excluding carboxylic acids is 2. The van der Waals surface area contributed by atoms with Gasteiger partial charge >= 0.3 is 5.97 Å². The molecule has 0 heterocycles. The molecule has 11 heteroatoms. The molecule has 0 aliphatic carbocycles. The fourth-order valence-electron chi connectivity index (χ4n) is 2.29. The van der Waals surface area contributed by atoms with E-state index in [0.717, 1.165) is 12.1 Å². The third-order valence-corrected chi connectivity index (χ3v) is 4.04. The van der Waals surface area contributed by atoms with Crippen molar-refractivity contribution in [3.8, 4) is 0 Å². The molecule has 1 aromatic carbocycles. The summed E-state index contributed by atoms with van der Waals surface area (Å²) in [6.07, 6.45) is 0.603. The summed E-state index contributed by atoms with van der Waals surface area (Å²) in [5.41, 5.74) is -0.805. The van der Waals surface area contributed by atoms with E-state index in [2.05, 4.69) is 15.4 Å². The number of nitro groups is 2. The lowest BCUT2D eigenvalue weighted by atomic mass is 9.99. The van der Waals surface area contributed by atoms with Gasteiger partial charge in [0.25, 0.3) is 11.4 Å². The second kappa shape index (κ2) is 10.0. The van der Waals surface area contributed by atoms with Crippen LogP contribution >= 0.6 is 0 Å². The highest BCUT2D eigenvalue weighted by Crippen LogP contribution is 2.28. The van der Waals surface area contributed by atoms with Crippen molar-refractivity contribution in [3.05, 3.63) is 38.4 Å². The molecule has 0 saturated carbocycles. The molecule has 0 spiro atoms. The number of esters is 1. The van der Waals surface area contributed by atoms with E-state index < -0.39 is 39.1 Å². The van der Waals surface area contributed by atoms with Crippen LogP contribution < -0.4 is 10.6 Å². The Morgan fingerprint density at radius 2 is 1.89 bits per heavy atom. The highest BCUT2D eigenvalue weighted by molar-refractivity contribution is 5.85. The van der Waals surface area contributed by atoms with Gasteiger partial charge in [0.05, 0.1) is 23.0 Å². The third kappa shape index (κ3) is 6.20. The summed E-state index contributed by atoms with van der Waals surface area (Å²) < 4.78 is 4.68. The maximum Gasteiger partial charge on any atom is 0.328 e. The number of carbonyl (C=O) groups is 2. The van der Waals surface area contributed by atoms with Crippen LogP contribution in [-0.2, 0) is 14.3 Å². The number of hydrogen-bond donors (Lipinski definition) is 2. The monoisotopic (exact) mass is 382 g/mol. The van der Waals surface area contributed by atoms with Crippen LogP contribution in [0.1, 0.15) is 26.7 Å². The van der Waals surface area contributed by atoms with Crippen LogP contribution in [0, 0.1) is 26.1 Å². The fraction of sp³-hybridized carbons (Fsp3) is 0.500. The van der Waals surface area contributed by atoms with E-state index in [4.69, 9.17) is 0 Å². The van der Waals surface area contributed by atoms with Gasteiger partial charge < -0.3 is 15.4 Å². The Balaban J connectivity index is 2.71. The van der Waals surface area contributed by atoms with E-state index >= 15 is 0 Å². The van der Waals surface area contributed by atoms with Crippen molar-refractivity contribution < 1.29 is 24.2 Å². The van der Waals surface area contributed by atoms with Gasteiger partial charge in [0.15, 0.2) is 0 Å². The average Bonchev–Trinajstić information content (AvgIpc) is 2.64. The first-order chi connectivity index (χ1) is 12.7. The van der Waals surface area contributed by atoms with Crippen LogP contribution in [0.4, 0.5) is 17.1 Å². The second-order valence-electron chi connectivity index (χ2n) is 5.85. The van der Waals surface area contributed by atoms with Crippen molar-refractivity contribution in [2.75, 3.05) is 19.0 Å². The molecule has 0 aromatic heterocycles. The molecule has 0 fully saturated rings. The van der Waals surface area contributed by atoms with Crippen molar-refractivity contribution in [2.45, 2.75) is 32.7 Å². The lowest BCUT2D eigenvalue weighted by Crippen LogP contribution is -2.46. The number of rotatable bonds is 10. The van der Waals surface area contributed by atoms with E-state index in [9.17, 15) is 29.8 Å². The smallest absolute Gasteiger partial charge is 0.328 e. The molecule has 1 aromatic rings. The Kier molecular flexibility index (Phi) is 8.11. The molecule has 11 nitrogen and oxygen atoms in total. The minimum atomic E-state index is -0.777. The fourth-order valence-corrected chi connectivity index (χ4v) is 2.29. The number of nitrogens with one attached hydrogen (secondary N) is 2. The Morgan fingerprint density at radius 3 is 2.41 bits per heavy atom. The lowest BCUT2D eigenvalue weighted by Gasteiger charge is -2.21. The molecule has 0 radical (unpaired) electrons. The predicted molar refractivity (Wildman–Crippen MR) is 96.3 cm³/mol. The number of hydrogen-bond acceptors (Lipinski definition) is 8. The topological polar surface area (TPSA) is 154 Å². The van der Waals surface area contributed by atoms with Gasteiger partial charge in [0.1, 0.15) is 11.7 Å². The van der Waals surface area contributed by atoms with Gasteiger partial charge in [0.2, 0.25) is 5.91 Å². The summed E-state index contributed by atoms with van der Waals surface area (Å²) in [6, 6.07) is 2.41. The van der Waals surface area contributed by atoms with Crippen LogP contribution in [0.2, 0.25) is 0 Å². The molecule has 0 aliphatic rings. The van der Waals surface area contributed by atoms with Gasteiger partial charge in [-0.25, -0.2) is 4.79 Å². The zero-order valence-electron chi connectivity index (χ0n) is 15.3. The number of methoxy groups -OCH3 is 1. The molecule has 0 unspecified atom stereocenters. The normalized spacial score (nSPS) is 12.6. The molecule has 1 rings (SSSR count). The summed E-state index contributed by atoms with van der Waals surface area (Å²) >= 11 is 0. The van der Waals surface area contributed by atoms with E-state index in [-0.39, 0.29) is 24.6 Å². The first kappa shape index (κ1) is 21.8. The molecular weight excluding hydrogens is 360 g/mol. The van der Waals surface area contributed by atoms with E-state index in [1.54, 1.807) is 6.92 Å². The van der Waals surface area contributed by atoms with Gasteiger partial charge in [-0.3, -0.25) is 25.0 Å². The Labute approximate surface area is 155 Å². The minimum Gasteiger partial charge on any atom is -0.467 e. The first-order valence-corrected chi connectivity index (χ1v) is 8.25. The van der Waals surface area contributed by atoms with E-state index in [1.165, 1.54) is 13.2 Å². The van der Waals surface area contributed by atoms with Crippen LogP contribution in [0.15, 0.2) is 18.2 Å². The van der Waals surface area contributed by atoms with Crippen LogP contribution in [0.25, 0.3) is 0 Å². The largest absolute Gasteiger partial charge is 0.467 e. The molecule has 0 bridgehead atoms. The summed E-state index contributed by atoms with van der Waals surface area (Å²) in [7, 11) is 1.24. The predicted octanol–water partition coefficient (Wildman–Crippen LogP) is 2.01. The number of anilines is 1. The molecule has 0 saturated heterocycles. The van der Waals surface area contributed by atoms with Crippen LogP contribution in [-0.4, -0.2) is 41.4 Å². The zero-order valence-corrected chi connectivity index (χ0v) is 15.3. The lowest BCUT2D eigenvalue weighted by molar-refractivity contribution is -0.393. The van der Waals surface area contributed by atoms with Crippen molar-refractivity contribution in [1.82, 2.24) is 5.32 Å². The molecule has 148 valence electrons. The number of non-ortho nitro benzene ring substituents is 1. The Bertz CT molecular complexity index is 723. The maximum atomic E-state index is 12.1. The van der Waals surface area contributed by atoms with Gasteiger partial charge in [-0.05, 0) is 12.0 Å². The number of benzene rings is 1. The standard InChI is InChI=1S/C16H22N4O7/c1-4-10(2)15(16(22)27-3)18-14(21)7-8-17-12-6-5-11(19(23)24)9-13(12)20(25)26/h5-6,9-10,15,17H,4,7-8H2,1-3H3,(H,18,21)/t10-,15-/m0/s1. The Hall–Kier alpha value is -3.24.